The molecule has 0 spiro atoms. The molecule has 1 unspecified atom stereocenters. The van der Waals surface area contributed by atoms with E-state index in [2.05, 4.69) is 0 Å². The van der Waals surface area contributed by atoms with Gasteiger partial charge in [-0.2, -0.15) is 0 Å². The van der Waals surface area contributed by atoms with Gasteiger partial charge in [0, 0.05) is 7.11 Å². The molecule has 0 N–H and O–H groups in total. The van der Waals surface area contributed by atoms with Crippen molar-refractivity contribution in [2.45, 2.75) is 19.3 Å². The summed E-state index contributed by atoms with van der Waals surface area (Å²) in [6.45, 7) is 0.780. The van der Waals surface area contributed by atoms with Crippen LogP contribution in [0.25, 0.3) is 0 Å². The van der Waals surface area contributed by atoms with Crippen LogP contribution in [0, 0.1) is 0 Å². The molecule has 0 radical (unpaired) electrons. The third kappa shape index (κ3) is 5.35. The van der Waals surface area contributed by atoms with Gasteiger partial charge in [-0.15, -0.1) is 0 Å². The molecule has 0 amide bonds. The van der Waals surface area contributed by atoms with Gasteiger partial charge >= 0.3 is 0 Å². The lowest BCUT2D eigenvalue weighted by Gasteiger charge is -2.17. The van der Waals surface area contributed by atoms with Crippen LogP contribution in [0.5, 0.6) is 11.5 Å². The Bertz CT molecular complexity index is 897. The molecule has 0 aliphatic carbocycles. The Hall–Kier alpha value is -2.82. The third-order valence-electron chi connectivity index (χ3n) is 4.19. The zero-order chi connectivity index (χ0) is 19.8. The zero-order valence-corrected chi connectivity index (χ0v) is 16.3. The van der Waals surface area contributed by atoms with Crippen molar-refractivity contribution in [3.8, 4) is 11.5 Å². The second kappa shape index (κ2) is 9.93. The van der Waals surface area contributed by atoms with Crippen molar-refractivity contribution in [1.29, 1.82) is 0 Å². The second-order valence-electron chi connectivity index (χ2n) is 6.17. The van der Waals surface area contributed by atoms with Crippen LogP contribution in [-0.2, 0) is 22.7 Å². The Morgan fingerprint density at radius 1 is 0.821 bits per heavy atom. The highest BCUT2D eigenvalue weighted by atomic mass is 35.5. The van der Waals surface area contributed by atoms with E-state index in [0.29, 0.717) is 30.3 Å². The number of carbonyl (C=O) groups excluding carboxylic acids is 1. The summed E-state index contributed by atoms with van der Waals surface area (Å²) >= 11 is 5.65. The van der Waals surface area contributed by atoms with E-state index in [1.54, 1.807) is 18.2 Å². The summed E-state index contributed by atoms with van der Waals surface area (Å²) in [7, 11) is 1.44. The molecule has 0 aromatic heterocycles. The highest BCUT2D eigenvalue weighted by Gasteiger charge is 2.20. The second-order valence-corrected chi connectivity index (χ2v) is 6.55. The van der Waals surface area contributed by atoms with E-state index >= 15 is 0 Å². The number of hydrogen-bond donors (Lipinski definition) is 0. The predicted octanol–water partition coefficient (Wildman–Crippen LogP) is 5.30. The first-order valence-electron chi connectivity index (χ1n) is 8.87. The SMILES string of the molecule is COC(C(=O)Cl)c1ccc(OCc2ccccc2)c(OCc2ccccc2)c1. The molecule has 144 valence electrons. The molecule has 0 saturated heterocycles. The summed E-state index contributed by atoms with van der Waals surface area (Å²) in [6.07, 6.45) is -0.857. The molecule has 0 aliphatic rings. The predicted molar refractivity (Wildman–Crippen MR) is 109 cm³/mol. The van der Waals surface area contributed by atoms with Crippen LogP contribution in [0.3, 0.4) is 0 Å². The maximum Gasteiger partial charge on any atom is 0.255 e. The van der Waals surface area contributed by atoms with Gasteiger partial charge in [0.1, 0.15) is 13.2 Å². The number of hydrogen-bond acceptors (Lipinski definition) is 4. The van der Waals surface area contributed by atoms with Crippen molar-refractivity contribution < 1.29 is 19.0 Å². The van der Waals surface area contributed by atoms with Crippen LogP contribution in [0.4, 0.5) is 0 Å². The average Bonchev–Trinajstić information content (AvgIpc) is 2.73. The van der Waals surface area contributed by atoms with Gasteiger partial charge in [0.25, 0.3) is 5.24 Å². The van der Waals surface area contributed by atoms with Gasteiger partial charge in [-0.1, -0.05) is 66.7 Å². The van der Waals surface area contributed by atoms with E-state index in [9.17, 15) is 4.79 Å². The lowest BCUT2D eigenvalue weighted by atomic mass is 10.1. The standard InChI is InChI=1S/C23H21ClO4/c1-26-22(23(24)25)19-12-13-20(27-15-17-8-4-2-5-9-17)21(14-19)28-16-18-10-6-3-7-11-18/h2-14,22H,15-16H2,1H3. The molecule has 0 heterocycles. The van der Waals surface area contributed by atoms with E-state index in [4.69, 9.17) is 25.8 Å². The number of halogens is 1. The van der Waals surface area contributed by atoms with Crippen molar-refractivity contribution in [3.63, 3.8) is 0 Å². The van der Waals surface area contributed by atoms with Crippen LogP contribution in [0.1, 0.15) is 22.8 Å². The molecule has 3 rings (SSSR count). The normalized spacial score (nSPS) is 11.6. The molecule has 0 bridgehead atoms. The Morgan fingerprint density at radius 2 is 1.36 bits per heavy atom. The minimum absolute atomic E-state index is 0.373. The molecule has 4 nitrogen and oxygen atoms in total. The van der Waals surface area contributed by atoms with Gasteiger partial charge in [-0.25, -0.2) is 0 Å². The van der Waals surface area contributed by atoms with Crippen molar-refractivity contribution in [1.82, 2.24) is 0 Å². The lowest BCUT2D eigenvalue weighted by Crippen LogP contribution is -2.09. The average molecular weight is 397 g/mol. The van der Waals surface area contributed by atoms with Gasteiger partial charge in [-0.3, -0.25) is 4.79 Å². The van der Waals surface area contributed by atoms with Crippen molar-refractivity contribution in [2.75, 3.05) is 7.11 Å². The molecule has 3 aromatic rings. The summed E-state index contributed by atoms with van der Waals surface area (Å²) in [6, 6.07) is 24.9. The minimum Gasteiger partial charge on any atom is -0.485 e. The monoisotopic (exact) mass is 396 g/mol. The van der Waals surface area contributed by atoms with E-state index in [0.717, 1.165) is 11.1 Å². The Morgan fingerprint density at radius 3 is 1.86 bits per heavy atom. The zero-order valence-electron chi connectivity index (χ0n) is 15.5. The van der Waals surface area contributed by atoms with Crippen molar-refractivity contribution in [3.05, 3.63) is 95.6 Å². The Kier molecular flexibility index (Phi) is 7.06. The van der Waals surface area contributed by atoms with Crippen molar-refractivity contribution in [2.24, 2.45) is 0 Å². The Balaban J connectivity index is 1.82. The summed E-state index contributed by atoms with van der Waals surface area (Å²) in [4.78, 5) is 11.6. The molecular weight excluding hydrogens is 376 g/mol. The fraction of sp³-hybridized carbons (Fsp3) is 0.174. The van der Waals surface area contributed by atoms with E-state index in [-0.39, 0.29) is 0 Å². The number of benzene rings is 3. The highest BCUT2D eigenvalue weighted by molar-refractivity contribution is 6.64. The van der Waals surface area contributed by atoms with Gasteiger partial charge in [0.15, 0.2) is 17.6 Å². The van der Waals surface area contributed by atoms with Crippen LogP contribution in [0.2, 0.25) is 0 Å². The van der Waals surface area contributed by atoms with Crippen molar-refractivity contribution >= 4 is 16.8 Å². The quantitative estimate of drug-likeness (QED) is 0.460. The molecule has 3 aromatic carbocycles. The lowest BCUT2D eigenvalue weighted by molar-refractivity contribution is -0.121. The molecule has 1 atom stereocenters. The molecule has 5 heteroatoms. The van der Waals surface area contributed by atoms with E-state index in [1.807, 2.05) is 60.7 Å². The number of rotatable bonds is 9. The van der Waals surface area contributed by atoms with Gasteiger partial charge in [-0.05, 0) is 40.4 Å². The Labute approximate surface area is 169 Å². The molecule has 28 heavy (non-hydrogen) atoms. The first-order valence-corrected chi connectivity index (χ1v) is 9.24. The minimum atomic E-state index is -0.857. The van der Waals surface area contributed by atoms with E-state index in [1.165, 1.54) is 7.11 Å². The molecule has 0 saturated carbocycles. The summed E-state index contributed by atoms with van der Waals surface area (Å²) in [5, 5.41) is -0.588. The number of methoxy groups -OCH3 is 1. The van der Waals surface area contributed by atoms with E-state index < -0.39 is 11.3 Å². The van der Waals surface area contributed by atoms with Crippen LogP contribution in [-0.4, -0.2) is 12.4 Å². The fourth-order valence-electron chi connectivity index (χ4n) is 2.75. The summed E-state index contributed by atoms with van der Waals surface area (Å²) in [5.74, 6) is 1.11. The summed E-state index contributed by atoms with van der Waals surface area (Å²) in [5.41, 5.74) is 2.68. The third-order valence-corrected chi connectivity index (χ3v) is 4.38. The number of carbonyl (C=O) groups is 1. The van der Waals surface area contributed by atoms with Gasteiger partial charge < -0.3 is 14.2 Å². The smallest absolute Gasteiger partial charge is 0.255 e. The summed E-state index contributed by atoms with van der Waals surface area (Å²) < 4.78 is 17.2. The highest BCUT2D eigenvalue weighted by Crippen LogP contribution is 2.33. The first kappa shape index (κ1) is 19.9. The maximum atomic E-state index is 11.6. The molecule has 0 aliphatic heterocycles. The fourth-order valence-corrected chi connectivity index (χ4v) is 2.97. The van der Waals surface area contributed by atoms with Gasteiger partial charge in [0.2, 0.25) is 0 Å². The van der Waals surface area contributed by atoms with Crippen LogP contribution in [0.15, 0.2) is 78.9 Å². The van der Waals surface area contributed by atoms with Crippen LogP contribution >= 0.6 is 11.6 Å². The topological polar surface area (TPSA) is 44.8 Å². The van der Waals surface area contributed by atoms with Crippen LogP contribution < -0.4 is 9.47 Å². The largest absolute Gasteiger partial charge is 0.485 e. The molecular formula is C23H21ClO4. The molecule has 0 fully saturated rings. The number of ether oxygens (including phenoxy) is 3. The maximum absolute atomic E-state index is 11.6. The first-order chi connectivity index (χ1) is 13.7. The van der Waals surface area contributed by atoms with Gasteiger partial charge in [0.05, 0.1) is 0 Å².